The Bertz CT molecular complexity index is 1620. The number of ether oxygens (including phenoxy) is 3. The maximum atomic E-state index is 13.5. The first-order valence-corrected chi connectivity index (χ1v) is 13.6. The summed E-state index contributed by atoms with van der Waals surface area (Å²) in [5.41, 5.74) is -7.63. The molecule has 10 nitrogen and oxygen atoms in total. The molecule has 0 aliphatic carbocycles. The first-order valence-electron chi connectivity index (χ1n) is 13.6. The molecule has 16 heteroatoms. The number of hydrogen-bond donors (Lipinski definition) is 2. The van der Waals surface area contributed by atoms with Crippen molar-refractivity contribution in [3.63, 3.8) is 0 Å². The molecule has 1 saturated heterocycles. The van der Waals surface area contributed by atoms with Crippen LogP contribution in [-0.4, -0.2) is 57.5 Å². The Balaban J connectivity index is 1.38. The number of carbonyl (C=O) groups excluding carboxylic acids is 2. The van der Waals surface area contributed by atoms with E-state index in [0.717, 1.165) is 11.0 Å². The summed E-state index contributed by atoms with van der Waals surface area (Å²) in [6.45, 7) is 3.49. The molecule has 2 N–H and O–H groups in total. The van der Waals surface area contributed by atoms with Crippen LogP contribution in [0.1, 0.15) is 42.8 Å². The van der Waals surface area contributed by atoms with Crippen LogP contribution < -0.4 is 19.5 Å². The number of pyridine rings is 2. The molecule has 3 aromatic rings. The number of nitrogens with zero attached hydrogens (tertiary/aromatic N) is 3. The molecule has 0 radical (unpaired) electrons. The van der Waals surface area contributed by atoms with E-state index in [1.165, 1.54) is 37.5 Å². The molecule has 1 atom stereocenters. The molecule has 1 aromatic carbocycles. The molecule has 1 fully saturated rings. The lowest BCUT2D eigenvalue weighted by atomic mass is 9.90. The quantitative estimate of drug-likeness (QED) is 0.252. The van der Waals surface area contributed by atoms with Crippen LogP contribution in [0.2, 0.25) is 0 Å². The summed E-state index contributed by atoms with van der Waals surface area (Å²) in [5, 5.41) is 12.5. The van der Waals surface area contributed by atoms with Gasteiger partial charge in [-0.3, -0.25) is 19.7 Å². The largest absolute Gasteiger partial charge is 0.486 e. The first-order chi connectivity index (χ1) is 21.1. The first kappa shape index (κ1) is 31.8. The van der Waals surface area contributed by atoms with Crippen molar-refractivity contribution >= 4 is 11.9 Å². The van der Waals surface area contributed by atoms with Gasteiger partial charge in [-0.25, -0.2) is 4.79 Å². The number of benzene rings is 1. The highest BCUT2D eigenvalue weighted by atomic mass is 19.4. The summed E-state index contributed by atoms with van der Waals surface area (Å²) in [7, 11) is 0. The molecular formula is C29H26F6N4O6. The molecule has 1 unspecified atom stereocenters. The van der Waals surface area contributed by atoms with Gasteiger partial charge in [-0.1, -0.05) is 19.4 Å². The van der Waals surface area contributed by atoms with Gasteiger partial charge in [0.2, 0.25) is 0 Å². The van der Waals surface area contributed by atoms with E-state index in [1.54, 1.807) is 6.92 Å². The van der Waals surface area contributed by atoms with Crippen molar-refractivity contribution in [1.82, 2.24) is 20.2 Å². The lowest BCUT2D eigenvalue weighted by molar-refractivity contribution is -0.376. The number of aryl methyl sites for hydroxylation is 1. The number of imide groups is 1. The molecule has 2 aliphatic rings. The van der Waals surface area contributed by atoms with Crippen LogP contribution in [0.4, 0.5) is 31.1 Å². The molecule has 0 spiro atoms. The Labute approximate surface area is 251 Å². The second-order valence-corrected chi connectivity index (χ2v) is 10.5. The van der Waals surface area contributed by atoms with E-state index in [0.29, 0.717) is 43.3 Å². The predicted octanol–water partition coefficient (Wildman–Crippen LogP) is 5.27. The number of aromatic nitrogens is 2. The van der Waals surface area contributed by atoms with Crippen LogP contribution in [0.15, 0.2) is 48.8 Å². The minimum absolute atomic E-state index is 0.0166. The third-order valence-corrected chi connectivity index (χ3v) is 7.37. The highest BCUT2D eigenvalue weighted by Gasteiger charge is 2.71. The minimum Gasteiger partial charge on any atom is -0.486 e. The third kappa shape index (κ3) is 5.69. The summed E-state index contributed by atoms with van der Waals surface area (Å²) in [6.07, 6.45) is -9.02. The van der Waals surface area contributed by atoms with Crippen LogP contribution in [0.25, 0.3) is 0 Å². The fourth-order valence-electron chi connectivity index (χ4n) is 4.99. The van der Waals surface area contributed by atoms with Crippen LogP contribution >= 0.6 is 0 Å². The Kier molecular flexibility index (Phi) is 8.06. The molecule has 45 heavy (non-hydrogen) atoms. The van der Waals surface area contributed by atoms with Crippen molar-refractivity contribution in [2.75, 3.05) is 13.2 Å². The van der Waals surface area contributed by atoms with Crippen LogP contribution in [0.3, 0.4) is 0 Å². The number of hydrogen-bond acceptors (Lipinski definition) is 8. The monoisotopic (exact) mass is 640 g/mol. The van der Waals surface area contributed by atoms with E-state index in [-0.39, 0.29) is 41.4 Å². The van der Waals surface area contributed by atoms with Gasteiger partial charge in [0.15, 0.2) is 17.0 Å². The number of carbonyl (C=O) groups is 2. The van der Waals surface area contributed by atoms with Gasteiger partial charge >= 0.3 is 18.4 Å². The van der Waals surface area contributed by atoms with Crippen molar-refractivity contribution in [3.8, 4) is 23.0 Å². The normalized spacial score (nSPS) is 18.6. The van der Waals surface area contributed by atoms with Gasteiger partial charge in [-0.05, 0) is 37.1 Å². The van der Waals surface area contributed by atoms with Gasteiger partial charge in [-0.2, -0.15) is 26.3 Å². The second kappa shape index (κ2) is 11.4. The Hall–Kier alpha value is -4.60. The van der Waals surface area contributed by atoms with Gasteiger partial charge in [-0.15, -0.1) is 0 Å². The van der Waals surface area contributed by atoms with E-state index in [2.05, 4.69) is 15.3 Å². The van der Waals surface area contributed by atoms with E-state index < -0.39 is 41.0 Å². The lowest BCUT2D eigenvalue weighted by Gasteiger charge is -2.33. The molecule has 240 valence electrons. The zero-order chi connectivity index (χ0) is 32.8. The van der Waals surface area contributed by atoms with E-state index in [4.69, 9.17) is 14.2 Å². The van der Waals surface area contributed by atoms with E-state index in [9.17, 15) is 41.0 Å². The maximum Gasteiger partial charge on any atom is 0.430 e. The third-order valence-electron chi connectivity index (χ3n) is 7.37. The molecule has 0 saturated carbocycles. The molecule has 2 aromatic heterocycles. The van der Waals surface area contributed by atoms with E-state index >= 15 is 0 Å². The number of urea groups is 1. The smallest absolute Gasteiger partial charge is 0.430 e. The SMILES string of the molecule is CCCc1cc(C(O)(C(F)(F)F)C(F)(F)F)ccc1Oc1ccnc(CN2C(=O)NC(C)(c3cc4c(cn3)OCCO4)C2=O)c1. The average molecular weight is 641 g/mol. The van der Waals surface area contributed by atoms with Crippen molar-refractivity contribution in [1.29, 1.82) is 0 Å². The van der Waals surface area contributed by atoms with Crippen molar-refractivity contribution in [2.45, 2.75) is 56.7 Å². The number of rotatable bonds is 8. The predicted molar refractivity (Wildman–Crippen MR) is 142 cm³/mol. The highest BCUT2D eigenvalue weighted by Crippen LogP contribution is 2.50. The van der Waals surface area contributed by atoms with E-state index in [1.807, 2.05) is 0 Å². The number of halogens is 6. The summed E-state index contributed by atoms with van der Waals surface area (Å²) in [6, 6.07) is 5.54. The van der Waals surface area contributed by atoms with Crippen molar-refractivity contribution in [3.05, 3.63) is 71.3 Å². The van der Waals surface area contributed by atoms with Gasteiger partial charge in [0.05, 0.1) is 24.1 Å². The topological polar surface area (TPSA) is 123 Å². The zero-order valence-electron chi connectivity index (χ0n) is 23.8. The Morgan fingerprint density at radius 2 is 1.69 bits per heavy atom. The summed E-state index contributed by atoms with van der Waals surface area (Å²) < 4.78 is 97.5. The number of nitrogens with one attached hydrogen (secondary N) is 1. The van der Waals surface area contributed by atoms with Gasteiger partial charge in [0, 0.05) is 23.9 Å². The van der Waals surface area contributed by atoms with Gasteiger partial charge < -0.3 is 24.6 Å². The Morgan fingerprint density at radius 1 is 1.00 bits per heavy atom. The maximum absolute atomic E-state index is 13.5. The van der Waals surface area contributed by atoms with Gasteiger partial charge in [0.1, 0.15) is 24.7 Å². The molecule has 3 amide bonds. The van der Waals surface area contributed by atoms with Crippen molar-refractivity contribution < 1.29 is 55.2 Å². The number of amides is 3. The molecule has 2 aliphatic heterocycles. The molecule has 5 rings (SSSR count). The Morgan fingerprint density at radius 3 is 2.36 bits per heavy atom. The number of aliphatic hydroxyl groups is 1. The van der Waals surface area contributed by atoms with Crippen LogP contribution in [-0.2, 0) is 28.9 Å². The second-order valence-electron chi connectivity index (χ2n) is 10.5. The average Bonchev–Trinajstić information content (AvgIpc) is 3.20. The number of alkyl halides is 6. The lowest BCUT2D eigenvalue weighted by Crippen LogP contribution is -2.53. The van der Waals surface area contributed by atoms with Crippen LogP contribution in [0.5, 0.6) is 23.0 Å². The van der Waals surface area contributed by atoms with Crippen LogP contribution in [0, 0.1) is 0 Å². The molecule has 0 bridgehead atoms. The standard InChI is InChI=1S/C29H26F6N4O6/c1-3-4-16-11-17(27(42,28(30,31)32)29(33,34)35)5-6-20(16)45-19-7-8-36-18(12-19)15-39-24(40)26(2,38-25(39)41)23-13-21-22(14-37-23)44-10-9-43-21/h5-8,11-14,42H,3-4,9-10,15H2,1-2H3,(H,38,41). The summed E-state index contributed by atoms with van der Waals surface area (Å²) in [5.74, 6) is 0.160. The fourth-order valence-corrected chi connectivity index (χ4v) is 4.99. The summed E-state index contributed by atoms with van der Waals surface area (Å²) in [4.78, 5) is 35.7. The zero-order valence-corrected chi connectivity index (χ0v) is 23.8. The number of fused-ring (bicyclic) bond motifs is 1. The molecular weight excluding hydrogens is 614 g/mol. The van der Waals surface area contributed by atoms with Gasteiger partial charge in [0.25, 0.3) is 11.5 Å². The summed E-state index contributed by atoms with van der Waals surface area (Å²) >= 11 is 0. The minimum atomic E-state index is -6.04. The van der Waals surface area contributed by atoms with Crippen molar-refractivity contribution in [2.24, 2.45) is 0 Å². The molecule has 4 heterocycles. The highest BCUT2D eigenvalue weighted by molar-refractivity contribution is 6.07. The fraction of sp³-hybridized carbons (Fsp3) is 0.379.